The van der Waals surface area contributed by atoms with Gasteiger partial charge in [-0.2, -0.15) is 19.1 Å². The maximum absolute atomic E-state index is 12.3. The Hall–Kier alpha value is -2.81. The fourth-order valence-electron chi connectivity index (χ4n) is 2.51. The molecule has 0 fully saturated rings. The van der Waals surface area contributed by atoms with Gasteiger partial charge in [0.05, 0.1) is 17.7 Å². The Kier molecular flexibility index (Phi) is 7.51. The van der Waals surface area contributed by atoms with Crippen molar-refractivity contribution in [1.82, 2.24) is 5.59 Å². The Morgan fingerprint density at radius 2 is 1.63 bits per heavy atom. The number of hydrogen-bond donors (Lipinski definition) is 1. The zero-order valence-corrected chi connectivity index (χ0v) is 18.2. The first-order valence-corrected chi connectivity index (χ1v) is 11.5. The van der Waals surface area contributed by atoms with Gasteiger partial charge in [-0.25, -0.2) is 0 Å². The number of ether oxygens (including phenoxy) is 1. The molecule has 0 amide bonds. The molecule has 8 heteroatoms. The summed E-state index contributed by atoms with van der Waals surface area (Å²) < 4.78 is 34.7. The third kappa shape index (κ3) is 6.09. The van der Waals surface area contributed by atoms with Crippen LogP contribution in [0.15, 0.2) is 93.8 Å². The molecule has 0 unspecified atom stereocenters. The van der Waals surface area contributed by atoms with Crippen LogP contribution >= 0.6 is 11.8 Å². The van der Waals surface area contributed by atoms with Gasteiger partial charge in [-0.15, -0.1) is 16.0 Å². The van der Waals surface area contributed by atoms with Gasteiger partial charge in [0.25, 0.3) is 0 Å². The molecule has 0 atom stereocenters. The van der Waals surface area contributed by atoms with Crippen molar-refractivity contribution in [1.29, 1.82) is 0 Å². The second-order valence-corrected chi connectivity index (χ2v) is 8.93. The quantitative estimate of drug-likeness (QED) is 0.301. The lowest BCUT2D eigenvalue weighted by Gasteiger charge is -2.09. The van der Waals surface area contributed by atoms with Gasteiger partial charge in [0.1, 0.15) is 5.75 Å². The summed E-state index contributed by atoms with van der Waals surface area (Å²) in [5.41, 5.74) is 4.73. The maximum atomic E-state index is 12.3. The minimum atomic E-state index is -3.97. The van der Waals surface area contributed by atoms with Crippen molar-refractivity contribution in [2.45, 2.75) is 16.7 Å². The minimum absolute atomic E-state index is 0.0599. The average Bonchev–Trinajstić information content (AvgIpc) is 2.77. The first-order valence-electron chi connectivity index (χ1n) is 9.12. The van der Waals surface area contributed by atoms with Gasteiger partial charge >= 0.3 is 10.1 Å². The Morgan fingerprint density at radius 3 is 2.27 bits per heavy atom. The average molecular weight is 443 g/mol. The first kappa shape index (κ1) is 21.9. The van der Waals surface area contributed by atoms with E-state index in [4.69, 9.17) is 9.02 Å². The second-order valence-electron chi connectivity index (χ2n) is 6.33. The lowest BCUT2D eigenvalue weighted by Crippen LogP contribution is -2.19. The van der Waals surface area contributed by atoms with Gasteiger partial charge in [0.2, 0.25) is 0 Å². The van der Waals surface area contributed by atoms with Crippen LogP contribution in [0.3, 0.4) is 0 Å². The molecular formula is C22H22N2O4S2. The molecule has 0 heterocycles. The molecule has 6 nitrogen and oxygen atoms in total. The van der Waals surface area contributed by atoms with E-state index >= 15 is 0 Å². The molecule has 0 aliphatic carbocycles. The summed E-state index contributed by atoms with van der Waals surface area (Å²) in [7, 11) is -2.34. The fourth-order valence-corrected chi connectivity index (χ4v) is 4.07. The number of methoxy groups -OCH3 is 1. The maximum Gasteiger partial charge on any atom is 0.318 e. The van der Waals surface area contributed by atoms with Crippen LogP contribution in [-0.2, 0) is 14.4 Å². The molecule has 3 aromatic carbocycles. The SMILES string of the molecule is COc1ccc(SC/C(=N/NOS(=O)(=O)c2ccc(C)cc2)c2ccccc2)cc1. The molecule has 0 saturated carbocycles. The predicted octanol–water partition coefficient (Wildman–Crippen LogP) is 4.41. The van der Waals surface area contributed by atoms with Crippen LogP contribution in [0.1, 0.15) is 11.1 Å². The molecule has 30 heavy (non-hydrogen) atoms. The van der Waals surface area contributed by atoms with Crippen molar-refractivity contribution in [3.63, 3.8) is 0 Å². The summed E-state index contributed by atoms with van der Waals surface area (Å²) in [6.07, 6.45) is 0. The number of rotatable bonds is 9. The number of hydrazone groups is 1. The lowest BCUT2D eigenvalue weighted by atomic mass is 10.1. The molecular weight excluding hydrogens is 420 g/mol. The Labute approximate surface area is 181 Å². The normalized spacial score (nSPS) is 11.9. The highest BCUT2D eigenvalue weighted by Crippen LogP contribution is 2.22. The smallest absolute Gasteiger partial charge is 0.318 e. The number of hydrogen-bond acceptors (Lipinski definition) is 7. The van der Waals surface area contributed by atoms with E-state index in [1.165, 1.54) is 12.1 Å². The van der Waals surface area contributed by atoms with Gasteiger partial charge < -0.3 is 4.74 Å². The largest absolute Gasteiger partial charge is 0.497 e. The molecule has 0 aliphatic heterocycles. The summed E-state index contributed by atoms with van der Waals surface area (Å²) in [6, 6.07) is 23.6. The van der Waals surface area contributed by atoms with Gasteiger partial charge in [0.15, 0.2) is 0 Å². The molecule has 0 spiro atoms. The van der Waals surface area contributed by atoms with E-state index in [1.807, 2.05) is 61.5 Å². The van der Waals surface area contributed by atoms with Crippen molar-refractivity contribution in [3.8, 4) is 5.75 Å². The Bertz CT molecular complexity index is 1080. The van der Waals surface area contributed by atoms with E-state index in [9.17, 15) is 8.42 Å². The van der Waals surface area contributed by atoms with Crippen LogP contribution in [-0.4, -0.2) is 27.0 Å². The van der Waals surface area contributed by atoms with Crippen LogP contribution in [0.2, 0.25) is 0 Å². The van der Waals surface area contributed by atoms with Crippen molar-refractivity contribution in [2.24, 2.45) is 5.10 Å². The number of benzene rings is 3. The summed E-state index contributed by atoms with van der Waals surface area (Å²) in [5.74, 6) is 1.30. The van der Waals surface area contributed by atoms with Crippen LogP contribution in [0.5, 0.6) is 5.75 Å². The molecule has 0 saturated heterocycles. The standard InChI is InChI=1S/C22H22N2O4S2/c1-17-8-14-21(15-9-17)30(25,26)28-24-23-22(18-6-4-3-5-7-18)16-29-20-12-10-19(27-2)11-13-20/h3-15,24H,16H2,1-2H3/b23-22-. The molecule has 0 aromatic heterocycles. The highest BCUT2D eigenvalue weighted by molar-refractivity contribution is 8.00. The van der Waals surface area contributed by atoms with E-state index in [0.29, 0.717) is 11.5 Å². The van der Waals surface area contributed by atoms with E-state index < -0.39 is 10.1 Å². The van der Waals surface area contributed by atoms with Crippen LogP contribution in [0.25, 0.3) is 0 Å². The first-order chi connectivity index (χ1) is 14.5. The third-order valence-corrected chi connectivity index (χ3v) is 6.35. The van der Waals surface area contributed by atoms with Crippen LogP contribution < -0.4 is 10.3 Å². The Balaban J connectivity index is 1.71. The summed E-state index contributed by atoms with van der Waals surface area (Å²) >= 11 is 1.57. The van der Waals surface area contributed by atoms with Gasteiger partial charge in [-0.1, -0.05) is 48.0 Å². The number of nitrogens with one attached hydrogen (secondary N) is 1. The summed E-state index contributed by atoms with van der Waals surface area (Å²) in [6.45, 7) is 1.88. The Morgan fingerprint density at radius 1 is 0.967 bits per heavy atom. The molecule has 0 aliphatic rings. The summed E-state index contributed by atoms with van der Waals surface area (Å²) in [4.78, 5) is 1.09. The monoisotopic (exact) mass is 442 g/mol. The number of thioether (sulfide) groups is 1. The highest BCUT2D eigenvalue weighted by atomic mass is 32.2. The van der Waals surface area contributed by atoms with Crippen molar-refractivity contribution < 1.29 is 17.4 Å². The van der Waals surface area contributed by atoms with Gasteiger partial charge in [0, 0.05) is 10.6 Å². The zero-order valence-electron chi connectivity index (χ0n) is 16.6. The predicted molar refractivity (Wildman–Crippen MR) is 119 cm³/mol. The minimum Gasteiger partial charge on any atom is -0.497 e. The van der Waals surface area contributed by atoms with Crippen molar-refractivity contribution in [2.75, 3.05) is 12.9 Å². The van der Waals surface area contributed by atoms with E-state index in [1.54, 1.807) is 31.0 Å². The fraction of sp³-hybridized carbons (Fsp3) is 0.136. The topological polar surface area (TPSA) is 77.0 Å². The van der Waals surface area contributed by atoms with E-state index in [-0.39, 0.29) is 4.90 Å². The van der Waals surface area contributed by atoms with Crippen molar-refractivity contribution in [3.05, 3.63) is 90.0 Å². The second kappa shape index (κ2) is 10.3. The molecule has 1 N–H and O–H groups in total. The van der Waals surface area contributed by atoms with Crippen molar-refractivity contribution >= 4 is 27.6 Å². The van der Waals surface area contributed by atoms with Crippen LogP contribution in [0, 0.1) is 6.92 Å². The van der Waals surface area contributed by atoms with Gasteiger partial charge in [-0.3, -0.25) is 0 Å². The molecule has 3 rings (SSSR count). The molecule has 0 bridgehead atoms. The van der Waals surface area contributed by atoms with E-state index in [2.05, 4.69) is 10.7 Å². The van der Waals surface area contributed by atoms with E-state index in [0.717, 1.165) is 21.8 Å². The van der Waals surface area contributed by atoms with Crippen LogP contribution in [0.4, 0.5) is 0 Å². The van der Waals surface area contributed by atoms with Gasteiger partial charge in [-0.05, 0) is 48.9 Å². The lowest BCUT2D eigenvalue weighted by molar-refractivity contribution is 0.209. The highest BCUT2D eigenvalue weighted by Gasteiger charge is 2.15. The third-order valence-electron chi connectivity index (χ3n) is 4.18. The molecule has 0 radical (unpaired) electrons. The zero-order chi connectivity index (χ0) is 21.4. The molecule has 3 aromatic rings. The number of nitrogens with zero attached hydrogens (tertiary/aromatic N) is 1. The molecule has 156 valence electrons. The number of aryl methyl sites for hydroxylation is 1. The summed E-state index contributed by atoms with van der Waals surface area (Å²) in [5, 5.41) is 4.19.